The Morgan fingerprint density at radius 3 is 2.83 bits per heavy atom. The van der Waals surface area contributed by atoms with E-state index in [0.29, 0.717) is 25.9 Å². The van der Waals surface area contributed by atoms with Gasteiger partial charge in [-0.3, -0.25) is 0 Å². The van der Waals surface area contributed by atoms with E-state index in [1.165, 1.54) is 0 Å². The summed E-state index contributed by atoms with van der Waals surface area (Å²) >= 11 is 0. The molecule has 1 saturated heterocycles. The molecular weight excluding hydrogens is 230 g/mol. The summed E-state index contributed by atoms with van der Waals surface area (Å²) in [5.41, 5.74) is -1.00. The van der Waals surface area contributed by atoms with Gasteiger partial charge >= 0.3 is 0 Å². The lowest BCUT2D eigenvalue weighted by Gasteiger charge is -2.41. The fourth-order valence-corrected chi connectivity index (χ4v) is 2.73. The van der Waals surface area contributed by atoms with Crippen LogP contribution in [0.25, 0.3) is 0 Å². The zero-order valence-corrected chi connectivity index (χ0v) is 11.7. The molecule has 0 bridgehead atoms. The molecule has 1 aromatic heterocycles. The van der Waals surface area contributed by atoms with Crippen LogP contribution in [0.1, 0.15) is 52.4 Å². The number of hydrogen-bond donors (Lipinski definition) is 1. The van der Waals surface area contributed by atoms with Gasteiger partial charge in [-0.05, 0) is 27.7 Å². The predicted molar refractivity (Wildman–Crippen MR) is 68.3 cm³/mol. The molecule has 1 unspecified atom stereocenters. The van der Waals surface area contributed by atoms with E-state index in [9.17, 15) is 5.11 Å². The quantitative estimate of drug-likeness (QED) is 0.891. The van der Waals surface area contributed by atoms with Crippen molar-refractivity contribution in [3.8, 4) is 0 Å². The summed E-state index contributed by atoms with van der Waals surface area (Å²) in [7, 11) is 0. The standard InChI is InChI=1S/C13H23N3O2/c1-10(2)16-11(14-9-15-16)7-13(17)5-6-18-12(3,4)8-13/h9-10,17H,5-8H2,1-4H3. The molecule has 2 heterocycles. The van der Waals surface area contributed by atoms with Gasteiger partial charge in [-0.1, -0.05) is 0 Å². The smallest absolute Gasteiger partial charge is 0.138 e. The van der Waals surface area contributed by atoms with Crippen molar-refractivity contribution >= 4 is 0 Å². The molecular formula is C13H23N3O2. The highest BCUT2D eigenvalue weighted by Gasteiger charge is 2.40. The molecule has 0 radical (unpaired) electrons. The third-order valence-electron chi connectivity index (χ3n) is 3.44. The van der Waals surface area contributed by atoms with Crippen molar-refractivity contribution < 1.29 is 9.84 Å². The molecule has 1 fully saturated rings. The van der Waals surface area contributed by atoms with E-state index in [2.05, 4.69) is 23.9 Å². The molecule has 5 nitrogen and oxygen atoms in total. The van der Waals surface area contributed by atoms with Gasteiger partial charge in [-0.2, -0.15) is 5.10 Å². The predicted octanol–water partition coefficient (Wildman–Crippen LogP) is 1.72. The van der Waals surface area contributed by atoms with E-state index >= 15 is 0 Å². The van der Waals surface area contributed by atoms with Gasteiger partial charge in [0.05, 0.1) is 17.8 Å². The Balaban J connectivity index is 2.14. The van der Waals surface area contributed by atoms with Crippen molar-refractivity contribution in [2.24, 2.45) is 0 Å². The molecule has 0 spiro atoms. The largest absolute Gasteiger partial charge is 0.389 e. The van der Waals surface area contributed by atoms with Crippen LogP contribution >= 0.6 is 0 Å². The second kappa shape index (κ2) is 4.63. The molecule has 0 saturated carbocycles. The molecule has 1 N–H and O–H groups in total. The van der Waals surface area contributed by atoms with Gasteiger partial charge in [0, 0.05) is 25.3 Å². The van der Waals surface area contributed by atoms with E-state index < -0.39 is 5.60 Å². The van der Waals surface area contributed by atoms with E-state index in [0.717, 1.165) is 5.82 Å². The van der Waals surface area contributed by atoms with Gasteiger partial charge in [0.15, 0.2) is 0 Å². The minimum absolute atomic E-state index is 0.263. The summed E-state index contributed by atoms with van der Waals surface area (Å²) in [4.78, 5) is 4.28. The van der Waals surface area contributed by atoms with Crippen molar-refractivity contribution in [3.63, 3.8) is 0 Å². The average molecular weight is 253 g/mol. The number of ether oxygens (including phenoxy) is 1. The summed E-state index contributed by atoms with van der Waals surface area (Å²) < 4.78 is 7.53. The van der Waals surface area contributed by atoms with Crippen LogP contribution in [0.2, 0.25) is 0 Å². The van der Waals surface area contributed by atoms with Crippen molar-refractivity contribution in [2.45, 2.75) is 64.2 Å². The Labute approximate surface area is 108 Å². The van der Waals surface area contributed by atoms with Crippen LogP contribution in [-0.4, -0.2) is 37.7 Å². The molecule has 5 heteroatoms. The first kappa shape index (κ1) is 13.5. The average Bonchev–Trinajstić information content (AvgIpc) is 2.62. The van der Waals surface area contributed by atoms with Crippen LogP contribution < -0.4 is 0 Å². The first-order chi connectivity index (χ1) is 8.31. The highest BCUT2D eigenvalue weighted by molar-refractivity contribution is 5.00. The number of hydrogen-bond acceptors (Lipinski definition) is 4. The van der Waals surface area contributed by atoms with Crippen molar-refractivity contribution in [1.29, 1.82) is 0 Å². The van der Waals surface area contributed by atoms with Gasteiger partial charge in [0.1, 0.15) is 12.2 Å². The number of aliphatic hydroxyl groups is 1. The fourth-order valence-electron chi connectivity index (χ4n) is 2.73. The highest BCUT2D eigenvalue weighted by atomic mass is 16.5. The SMILES string of the molecule is CC(C)n1ncnc1CC1(O)CCOC(C)(C)C1. The molecule has 1 aromatic rings. The Hall–Kier alpha value is -0.940. The molecule has 0 amide bonds. The lowest BCUT2D eigenvalue weighted by Crippen LogP contribution is -2.47. The zero-order valence-electron chi connectivity index (χ0n) is 11.7. The van der Waals surface area contributed by atoms with Crippen molar-refractivity contribution in [3.05, 3.63) is 12.2 Å². The summed E-state index contributed by atoms with van der Waals surface area (Å²) in [6.07, 6.45) is 3.38. The lowest BCUT2D eigenvalue weighted by atomic mass is 9.82. The molecule has 1 aliphatic rings. The third kappa shape index (κ3) is 2.90. The second-order valence-electron chi connectivity index (χ2n) is 6.15. The number of aromatic nitrogens is 3. The topological polar surface area (TPSA) is 60.2 Å². The first-order valence-electron chi connectivity index (χ1n) is 6.56. The van der Waals surface area contributed by atoms with Crippen molar-refractivity contribution in [2.75, 3.05) is 6.61 Å². The fraction of sp³-hybridized carbons (Fsp3) is 0.846. The van der Waals surface area contributed by atoms with Crippen LogP contribution in [0, 0.1) is 0 Å². The number of rotatable bonds is 3. The summed E-state index contributed by atoms with van der Waals surface area (Å²) in [6, 6.07) is 0.263. The molecule has 2 rings (SSSR count). The van der Waals surface area contributed by atoms with Crippen LogP contribution in [0.3, 0.4) is 0 Å². The molecule has 1 atom stereocenters. The summed E-state index contributed by atoms with van der Waals surface area (Å²) in [5, 5.41) is 14.9. The maximum atomic E-state index is 10.7. The maximum absolute atomic E-state index is 10.7. The van der Waals surface area contributed by atoms with E-state index in [1.807, 2.05) is 18.5 Å². The Bertz CT molecular complexity index is 414. The third-order valence-corrected chi connectivity index (χ3v) is 3.44. The van der Waals surface area contributed by atoms with Gasteiger partial charge < -0.3 is 9.84 Å². The second-order valence-corrected chi connectivity index (χ2v) is 6.15. The summed E-state index contributed by atoms with van der Waals surface area (Å²) in [6.45, 7) is 8.76. The summed E-state index contributed by atoms with van der Waals surface area (Å²) in [5.74, 6) is 0.852. The van der Waals surface area contributed by atoms with Gasteiger partial charge in [0.25, 0.3) is 0 Å². The maximum Gasteiger partial charge on any atom is 0.138 e. The van der Waals surface area contributed by atoms with Crippen molar-refractivity contribution in [1.82, 2.24) is 14.8 Å². The van der Waals surface area contributed by atoms with Crippen LogP contribution in [0.5, 0.6) is 0 Å². The first-order valence-corrected chi connectivity index (χ1v) is 6.56. The molecule has 0 aliphatic carbocycles. The molecule has 1 aliphatic heterocycles. The lowest BCUT2D eigenvalue weighted by molar-refractivity contribution is -0.144. The number of nitrogens with zero attached hydrogens (tertiary/aromatic N) is 3. The normalized spacial score (nSPS) is 27.7. The molecule has 102 valence electrons. The van der Waals surface area contributed by atoms with E-state index in [4.69, 9.17) is 4.74 Å². The minimum Gasteiger partial charge on any atom is -0.389 e. The Morgan fingerprint density at radius 2 is 2.22 bits per heavy atom. The monoisotopic (exact) mass is 253 g/mol. The van der Waals surface area contributed by atoms with Crippen LogP contribution in [-0.2, 0) is 11.2 Å². The Kier molecular flexibility index (Phi) is 3.47. The Morgan fingerprint density at radius 1 is 1.50 bits per heavy atom. The minimum atomic E-state index is -0.735. The molecule has 18 heavy (non-hydrogen) atoms. The highest BCUT2D eigenvalue weighted by Crippen LogP contribution is 2.34. The van der Waals surface area contributed by atoms with E-state index in [1.54, 1.807) is 6.33 Å². The van der Waals surface area contributed by atoms with Crippen LogP contribution in [0.4, 0.5) is 0 Å². The van der Waals surface area contributed by atoms with Gasteiger partial charge in [-0.25, -0.2) is 9.67 Å². The van der Waals surface area contributed by atoms with Crippen LogP contribution in [0.15, 0.2) is 6.33 Å². The van der Waals surface area contributed by atoms with Gasteiger partial charge in [0.2, 0.25) is 0 Å². The van der Waals surface area contributed by atoms with E-state index in [-0.39, 0.29) is 11.6 Å². The van der Waals surface area contributed by atoms with Gasteiger partial charge in [-0.15, -0.1) is 0 Å². The zero-order chi connectivity index (χ0) is 13.4. The molecule has 0 aromatic carbocycles.